The van der Waals surface area contributed by atoms with Crippen molar-refractivity contribution in [3.8, 4) is 5.75 Å². The lowest BCUT2D eigenvalue weighted by molar-refractivity contribution is 0.0698. The van der Waals surface area contributed by atoms with Gasteiger partial charge in [-0.2, -0.15) is 9.40 Å². The van der Waals surface area contributed by atoms with Crippen LogP contribution >= 0.6 is 0 Å². The Morgan fingerprint density at radius 1 is 1.05 bits per heavy atom. The number of ether oxygens (including phenoxy) is 1. The molecular weight excluding hydrogens is 518 g/mol. The highest BCUT2D eigenvalue weighted by Gasteiger charge is 2.28. The fourth-order valence-electron chi connectivity index (χ4n) is 4.68. The largest absolute Gasteiger partial charge is 0.489 e. The number of hydrogen-bond donors (Lipinski definition) is 1. The van der Waals surface area contributed by atoms with Gasteiger partial charge in [-0.1, -0.05) is 18.2 Å². The van der Waals surface area contributed by atoms with E-state index in [1.807, 2.05) is 43.3 Å². The second-order valence-corrected chi connectivity index (χ2v) is 12.2. The fourth-order valence-corrected chi connectivity index (χ4v) is 5.51. The summed E-state index contributed by atoms with van der Waals surface area (Å²) in [5.41, 5.74) is 4.42. The lowest BCUT2D eigenvalue weighted by Gasteiger charge is -2.33. The molecule has 11 heteroatoms. The maximum absolute atomic E-state index is 12.9. The zero-order chi connectivity index (χ0) is 27.7. The minimum absolute atomic E-state index is 0.118. The third-order valence-electron chi connectivity index (χ3n) is 7.25. The van der Waals surface area contributed by atoms with Crippen LogP contribution in [0.5, 0.6) is 5.75 Å². The number of benzene rings is 2. The van der Waals surface area contributed by atoms with Gasteiger partial charge in [0.15, 0.2) is 0 Å². The van der Waals surface area contributed by atoms with Gasteiger partial charge in [0.1, 0.15) is 18.1 Å². The average molecular weight is 552 g/mol. The van der Waals surface area contributed by atoms with Gasteiger partial charge in [0.25, 0.3) is 11.8 Å². The van der Waals surface area contributed by atoms with Gasteiger partial charge in [0.05, 0.1) is 11.9 Å². The number of hydrogen-bond acceptors (Lipinski definition) is 6. The van der Waals surface area contributed by atoms with E-state index in [-0.39, 0.29) is 11.8 Å². The first-order valence-electron chi connectivity index (χ1n) is 13.0. The molecule has 10 nitrogen and oxygen atoms in total. The fraction of sp³-hybridized carbons (Fsp3) is 0.393. The van der Waals surface area contributed by atoms with E-state index in [4.69, 9.17) is 4.74 Å². The van der Waals surface area contributed by atoms with E-state index in [0.29, 0.717) is 61.4 Å². The summed E-state index contributed by atoms with van der Waals surface area (Å²) in [6.07, 6.45) is 3.44. The predicted molar refractivity (Wildman–Crippen MR) is 147 cm³/mol. The predicted octanol–water partition coefficient (Wildman–Crippen LogP) is 3.15. The van der Waals surface area contributed by atoms with Crippen LogP contribution in [0.4, 0.5) is 5.69 Å². The van der Waals surface area contributed by atoms with Crippen LogP contribution in [0, 0.1) is 6.92 Å². The Hall–Kier alpha value is -3.70. The van der Waals surface area contributed by atoms with Crippen molar-refractivity contribution in [2.45, 2.75) is 32.3 Å². The second-order valence-electron chi connectivity index (χ2n) is 10.2. The van der Waals surface area contributed by atoms with Crippen LogP contribution < -0.4 is 10.1 Å². The van der Waals surface area contributed by atoms with Gasteiger partial charge in [-0.3, -0.25) is 14.3 Å². The number of carbonyl (C=O) groups excluding carboxylic acids is 2. The number of nitrogens with one attached hydrogen (secondary N) is 1. The molecule has 2 amide bonds. The molecule has 1 saturated carbocycles. The molecule has 39 heavy (non-hydrogen) atoms. The molecule has 0 unspecified atom stereocenters. The summed E-state index contributed by atoms with van der Waals surface area (Å²) in [5, 5.41) is 7.46. The summed E-state index contributed by atoms with van der Waals surface area (Å²) in [6.45, 7) is 3.54. The first-order valence-corrected chi connectivity index (χ1v) is 14.9. The van der Waals surface area contributed by atoms with Crippen LogP contribution in [0.1, 0.15) is 56.4 Å². The summed E-state index contributed by atoms with van der Waals surface area (Å²) in [7, 11) is -1.46. The van der Waals surface area contributed by atoms with E-state index in [1.54, 1.807) is 28.8 Å². The van der Waals surface area contributed by atoms with Gasteiger partial charge in [-0.15, -0.1) is 0 Å². The van der Waals surface area contributed by atoms with E-state index in [0.717, 1.165) is 29.7 Å². The van der Waals surface area contributed by atoms with E-state index in [1.165, 1.54) is 10.6 Å². The zero-order valence-corrected chi connectivity index (χ0v) is 23.2. The second kappa shape index (κ2) is 10.8. The summed E-state index contributed by atoms with van der Waals surface area (Å²) >= 11 is 0. The molecule has 2 aliphatic rings. The maximum Gasteiger partial charge on any atom is 0.273 e. The third kappa shape index (κ3) is 6.15. The standard InChI is InChI=1S/C28H33N5O5S/c1-19-23(29-27(34)25-17-24(21-11-12-21)30-31(25)2)5-4-6-26(19)38-18-20-7-9-22(10-8-20)28(35)32-13-15-33(16-14-32)39(3,36)37/h4-10,17,21H,11-16,18H2,1-3H3,(H,29,34). The Morgan fingerprint density at radius 3 is 2.38 bits per heavy atom. The molecule has 1 N–H and O–H groups in total. The van der Waals surface area contributed by atoms with Crippen LogP contribution in [-0.4, -0.2) is 71.7 Å². The van der Waals surface area contributed by atoms with Crippen molar-refractivity contribution >= 4 is 27.5 Å². The first-order chi connectivity index (χ1) is 18.6. The Labute approximate surface area is 228 Å². The highest BCUT2D eigenvalue weighted by molar-refractivity contribution is 7.88. The van der Waals surface area contributed by atoms with Gasteiger partial charge >= 0.3 is 0 Å². The first kappa shape index (κ1) is 26.9. The van der Waals surface area contributed by atoms with E-state index >= 15 is 0 Å². The van der Waals surface area contributed by atoms with Crippen molar-refractivity contribution in [2.75, 3.05) is 37.8 Å². The molecule has 5 rings (SSSR count). The molecule has 0 atom stereocenters. The molecule has 0 bridgehead atoms. The van der Waals surface area contributed by atoms with Gasteiger partial charge in [-0.05, 0) is 55.7 Å². The number of anilines is 1. The monoisotopic (exact) mass is 551 g/mol. The minimum atomic E-state index is -3.24. The highest BCUT2D eigenvalue weighted by Crippen LogP contribution is 2.39. The number of piperazine rings is 1. The molecule has 3 aromatic rings. The van der Waals surface area contributed by atoms with Crippen molar-refractivity contribution < 1.29 is 22.7 Å². The smallest absolute Gasteiger partial charge is 0.273 e. The average Bonchev–Trinajstić information content (AvgIpc) is 3.70. The van der Waals surface area contributed by atoms with E-state index < -0.39 is 10.0 Å². The van der Waals surface area contributed by atoms with Crippen molar-refractivity contribution in [1.29, 1.82) is 0 Å². The molecule has 0 spiro atoms. The van der Waals surface area contributed by atoms with Gasteiger partial charge < -0.3 is 15.0 Å². The van der Waals surface area contributed by atoms with Gasteiger partial charge in [0.2, 0.25) is 10.0 Å². The summed E-state index contributed by atoms with van der Waals surface area (Å²) in [5.74, 6) is 0.796. The lowest BCUT2D eigenvalue weighted by atomic mass is 10.1. The van der Waals surface area contributed by atoms with Crippen LogP contribution in [-0.2, 0) is 23.7 Å². The molecule has 2 aromatic carbocycles. The van der Waals surface area contributed by atoms with Crippen LogP contribution in [0.2, 0.25) is 0 Å². The van der Waals surface area contributed by atoms with Gasteiger partial charge in [0, 0.05) is 56.0 Å². The zero-order valence-electron chi connectivity index (χ0n) is 22.4. The molecular formula is C28H33N5O5S. The summed E-state index contributed by atoms with van der Waals surface area (Å²) < 4.78 is 32.5. The SMILES string of the molecule is Cc1c(NC(=O)c2cc(C3CC3)nn2C)cccc1OCc1ccc(C(=O)N2CCN(S(C)(=O)=O)CC2)cc1. The number of amides is 2. The number of rotatable bonds is 8. The molecule has 1 saturated heterocycles. The number of sulfonamides is 1. The highest BCUT2D eigenvalue weighted by atomic mass is 32.2. The van der Waals surface area contributed by atoms with Crippen LogP contribution in [0.25, 0.3) is 0 Å². The van der Waals surface area contributed by atoms with Crippen LogP contribution in [0.15, 0.2) is 48.5 Å². The van der Waals surface area contributed by atoms with Crippen molar-refractivity contribution in [1.82, 2.24) is 19.0 Å². The van der Waals surface area contributed by atoms with E-state index in [2.05, 4.69) is 10.4 Å². The normalized spacial score (nSPS) is 16.2. The quantitative estimate of drug-likeness (QED) is 0.460. The Kier molecular flexibility index (Phi) is 7.46. The van der Waals surface area contributed by atoms with Crippen LogP contribution in [0.3, 0.4) is 0 Å². The number of aromatic nitrogens is 2. The lowest BCUT2D eigenvalue weighted by Crippen LogP contribution is -2.50. The molecule has 2 fully saturated rings. The van der Waals surface area contributed by atoms with Crippen molar-refractivity contribution in [3.63, 3.8) is 0 Å². The number of aryl methyl sites for hydroxylation is 1. The maximum atomic E-state index is 12.9. The molecule has 0 radical (unpaired) electrons. The minimum Gasteiger partial charge on any atom is -0.489 e. The number of nitrogens with zero attached hydrogens (tertiary/aromatic N) is 4. The summed E-state index contributed by atoms with van der Waals surface area (Å²) in [4.78, 5) is 27.5. The van der Waals surface area contributed by atoms with E-state index in [9.17, 15) is 18.0 Å². The Balaban J connectivity index is 1.18. The van der Waals surface area contributed by atoms with Crippen molar-refractivity contribution in [3.05, 3.63) is 76.6 Å². The molecule has 1 aliphatic carbocycles. The Bertz CT molecular complexity index is 1490. The molecule has 206 valence electrons. The topological polar surface area (TPSA) is 114 Å². The molecule has 1 aromatic heterocycles. The number of carbonyl (C=O) groups is 2. The summed E-state index contributed by atoms with van der Waals surface area (Å²) in [6, 6.07) is 14.6. The van der Waals surface area contributed by atoms with Crippen molar-refractivity contribution in [2.24, 2.45) is 7.05 Å². The Morgan fingerprint density at radius 2 is 1.74 bits per heavy atom. The third-order valence-corrected chi connectivity index (χ3v) is 8.55. The van der Waals surface area contributed by atoms with Gasteiger partial charge in [-0.25, -0.2) is 8.42 Å². The molecule has 1 aliphatic heterocycles. The molecule has 2 heterocycles.